The quantitative estimate of drug-likeness (QED) is 0.490. The van der Waals surface area contributed by atoms with E-state index < -0.39 is 9.90 Å². The lowest BCUT2D eigenvalue weighted by Crippen LogP contribution is -2.24. The Labute approximate surface area is 68.9 Å². The highest BCUT2D eigenvalue weighted by Gasteiger charge is 2.29. The van der Waals surface area contributed by atoms with Crippen molar-refractivity contribution in [1.29, 1.82) is 0 Å². The fourth-order valence-corrected chi connectivity index (χ4v) is 0.459. The summed E-state index contributed by atoms with van der Waals surface area (Å²) in [5.74, 6) is 2.17. The summed E-state index contributed by atoms with van der Waals surface area (Å²) < 4.78 is -1.66. The van der Waals surface area contributed by atoms with Gasteiger partial charge >= 0.3 is 0 Å². The van der Waals surface area contributed by atoms with Crippen LogP contribution in [0.15, 0.2) is 0 Å². The Morgan fingerprint density at radius 3 is 2.11 bits per heavy atom. The number of aliphatic hydroxyl groups excluding tert-OH is 1. The van der Waals surface area contributed by atoms with Gasteiger partial charge in [0.1, 0.15) is 6.10 Å². The zero-order chi connectivity index (χ0) is 7.49. The van der Waals surface area contributed by atoms with Gasteiger partial charge in [-0.25, -0.2) is 0 Å². The van der Waals surface area contributed by atoms with Crippen LogP contribution in [0.4, 0.5) is 0 Å². The fourth-order valence-electron chi connectivity index (χ4n) is 0.227. The Balaban J connectivity index is 3.76. The average Bonchev–Trinajstić information content (AvgIpc) is 1.64. The number of alkyl halides is 3. The van der Waals surface area contributed by atoms with Crippen LogP contribution in [0, 0.1) is 12.3 Å². The number of hydrogen-bond acceptors (Lipinski definition) is 1. The second kappa shape index (κ2) is 3.53. The molecule has 0 saturated carbocycles. The molecule has 0 aliphatic carbocycles. The molecule has 9 heavy (non-hydrogen) atoms. The van der Waals surface area contributed by atoms with Gasteiger partial charge in [0.25, 0.3) is 0 Å². The van der Waals surface area contributed by atoms with Gasteiger partial charge in [0.05, 0.1) is 0 Å². The molecule has 0 rings (SSSR count). The second-order valence-electron chi connectivity index (χ2n) is 1.47. The number of aliphatic hydroxyl groups is 1. The molecule has 1 nitrogen and oxygen atoms in total. The maximum Gasteiger partial charge on any atom is 0.216 e. The van der Waals surface area contributed by atoms with E-state index in [4.69, 9.17) is 46.3 Å². The van der Waals surface area contributed by atoms with Gasteiger partial charge < -0.3 is 5.11 Å². The Bertz CT molecular complexity index is 121. The van der Waals surface area contributed by atoms with E-state index in [0.29, 0.717) is 0 Å². The molecule has 0 amide bonds. The first-order valence-corrected chi connectivity index (χ1v) is 3.30. The van der Waals surface area contributed by atoms with Crippen LogP contribution in [-0.4, -0.2) is 15.0 Å². The van der Waals surface area contributed by atoms with Crippen LogP contribution in [0.3, 0.4) is 0 Å². The van der Waals surface area contributed by atoms with E-state index in [2.05, 4.69) is 5.92 Å². The summed E-state index contributed by atoms with van der Waals surface area (Å²) in [5, 5.41) is 8.85. The molecule has 0 aliphatic heterocycles. The first-order valence-electron chi connectivity index (χ1n) is 2.16. The maximum atomic E-state index is 8.85. The molecule has 0 spiro atoms. The van der Waals surface area contributed by atoms with Gasteiger partial charge in [-0.3, -0.25) is 0 Å². The summed E-state index contributed by atoms with van der Waals surface area (Å²) in [7, 11) is 0. The third-order valence-electron chi connectivity index (χ3n) is 0.689. The molecule has 4 heteroatoms. The van der Waals surface area contributed by atoms with E-state index >= 15 is 0 Å². The minimum atomic E-state index is -1.66. The molecule has 0 aromatic rings. The lowest BCUT2D eigenvalue weighted by molar-refractivity contribution is 0.184. The highest BCUT2D eigenvalue weighted by Crippen LogP contribution is 2.31. The molecule has 0 saturated heterocycles. The van der Waals surface area contributed by atoms with Crippen molar-refractivity contribution in [2.45, 2.75) is 16.3 Å². The summed E-state index contributed by atoms with van der Waals surface area (Å²) in [6.07, 6.45) is 3.82. The molecule has 0 heterocycles. The van der Waals surface area contributed by atoms with Crippen LogP contribution in [0.5, 0.6) is 0 Å². The van der Waals surface area contributed by atoms with Crippen molar-refractivity contribution in [2.75, 3.05) is 0 Å². The third kappa shape index (κ3) is 3.89. The maximum absolute atomic E-state index is 8.85. The van der Waals surface area contributed by atoms with E-state index in [1.807, 2.05) is 0 Å². The van der Waals surface area contributed by atoms with E-state index in [0.717, 1.165) is 0 Å². The summed E-state index contributed by atoms with van der Waals surface area (Å²) in [6, 6.07) is 0. The van der Waals surface area contributed by atoms with Crippen LogP contribution < -0.4 is 0 Å². The van der Waals surface area contributed by atoms with E-state index in [1.165, 1.54) is 0 Å². The van der Waals surface area contributed by atoms with Gasteiger partial charge in [0, 0.05) is 6.42 Å². The molecule has 0 aromatic carbocycles. The number of rotatable bonds is 1. The highest BCUT2D eigenvalue weighted by molar-refractivity contribution is 6.68. The van der Waals surface area contributed by atoms with Gasteiger partial charge in [0.2, 0.25) is 3.79 Å². The van der Waals surface area contributed by atoms with Crippen molar-refractivity contribution in [3.8, 4) is 12.3 Å². The highest BCUT2D eigenvalue weighted by atomic mass is 35.6. The van der Waals surface area contributed by atoms with Crippen LogP contribution in [0.2, 0.25) is 0 Å². The lowest BCUT2D eigenvalue weighted by Gasteiger charge is -2.15. The molecule has 0 bridgehead atoms. The standard InChI is InChI=1S/C5H5Cl3O/c1-2-3-4(9)5(6,7)8/h1,4,9H,3H2/t4-/m1/s1. The summed E-state index contributed by atoms with van der Waals surface area (Å²) >= 11 is 15.7. The molecule has 0 fully saturated rings. The van der Waals surface area contributed by atoms with Crippen molar-refractivity contribution >= 4 is 34.8 Å². The Morgan fingerprint density at radius 2 is 2.00 bits per heavy atom. The summed E-state index contributed by atoms with van der Waals surface area (Å²) in [5.41, 5.74) is 0. The van der Waals surface area contributed by atoms with Gasteiger partial charge in [-0.15, -0.1) is 12.3 Å². The average molecular weight is 187 g/mol. The smallest absolute Gasteiger partial charge is 0.216 e. The molecular weight excluding hydrogens is 182 g/mol. The molecular formula is C5H5Cl3O. The molecule has 0 unspecified atom stereocenters. The van der Waals surface area contributed by atoms with Crippen molar-refractivity contribution in [3.05, 3.63) is 0 Å². The number of halogens is 3. The topological polar surface area (TPSA) is 20.2 Å². The predicted molar refractivity (Wildman–Crippen MR) is 39.7 cm³/mol. The Hall–Kier alpha value is 0.390. The van der Waals surface area contributed by atoms with Crippen LogP contribution >= 0.6 is 34.8 Å². The summed E-state index contributed by atoms with van der Waals surface area (Å²) in [4.78, 5) is 0. The van der Waals surface area contributed by atoms with Gasteiger partial charge in [0.15, 0.2) is 0 Å². The Kier molecular flexibility index (Phi) is 3.68. The fraction of sp³-hybridized carbons (Fsp3) is 0.600. The van der Waals surface area contributed by atoms with Crippen molar-refractivity contribution in [1.82, 2.24) is 0 Å². The molecule has 0 radical (unpaired) electrons. The van der Waals surface area contributed by atoms with E-state index in [-0.39, 0.29) is 6.42 Å². The number of terminal acetylenes is 1. The molecule has 0 aliphatic rings. The van der Waals surface area contributed by atoms with Gasteiger partial charge in [-0.1, -0.05) is 34.8 Å². The zero-order valence-corrected chi connectivity index (χ0v) is 6.71. The zero-order valence-electron chi connectivity index (χ0n) is 4.44. The van der Waals surface area contributed by atoms with Gasteiger partial charge in [-0.2, -0.15) is 0 Å². The van der Waals surface area contributed by atoms with Crippen molar-refractivity contribution < 1.29 is 5.11 Å². The number of hydrogen-bond donors (Lipinski definition) is 1. The Morgan fingerprint density at radius 1 is 1.56 bits per heavy atom. The first kappa shape index (κ1) is 9.39. The van der Waals surface area contributed by atoms with Crippen LogP contribution in [-0.2, 0) is 0 Å². The minimum Gasteiger partial charge on any atom is -0.388 e. The molecule has 1 N–H and O–H groups in total. The lowest BCUT2D eigenvalue weighted by atomic mass is 10.3. The molecule has 1 atom stereocenters. The third-order valence-corrected chi connectivity index (χ3v) is 1.44. The normalized spacial score (nSPS) is 14.6. The SMILES string of the molecule is C#CC[C@@H](O)C(Cl)(Cl)Cl. The van der Waals surface area contributed by atoms with E-state index in [1.54, 1.807) is 0 Å². The monoisotopic (exact) mass is 186 g/mol. The first-order chi connectivity index (χ1) is 3.98. The van der Waals surface area contributed by atoms with E-state index in [9.17, 15) is 0 Å². The minimum absolute atomic E-state index is 0.0521. The van der Waals surface area contributed by atoms with Crippen molar-refractivity contribution in [3.63, 3.8) is 0 Å². The molecule has 0 aromatic heterocycles. The second-order valence-corrected chi connectivity index (χ2v) is 3.83. The predicted octanol–water partition coefficient (Wildman–Crippen LogP) is 1.74. The van der Waals surface area contributed by atoms with Crippen molar-refractivity contribution in [2.24, 2.45) is 0 Å². The van der Waals surface area contributed by atoms with Gasteiger partial charge in [-0.05, 0) is 0 Å². The molecule has 52 valence electrons. The van der Waals surface area contributed by atoms with Crippen LogP contribution in [0.1, 0.15) is 6.42 Å². The van der Waals surface area contributed by atoms with Crippen LogP contribution in [0.25, 0.3) is 0 Å². The summed E-state index contributed by atoms with van der Waals surface area (Å²) in [6.45, 7) is 0. The largest absolute Gasteiger partial charge is 0.388 e.